The van der Waals surface area contributed by atoms with Crippen LogP contribution in [0.15, 0.2) is 29.2 Å². The average molecular weight is 308 g/mol. The number of benzene rings is 1. The Morgan fingerprint density at radius 1 is 1.20 bits per heavy atom. The third kappa shape index (κ3) is 2.90. The molecule has 1 fully saturated rings. The van der Waals surface area contributed by atoms with E-state index in [4.69, 9.17) is 0 Å². The first-order chi connectivity index (χ1) is 9.20. The molecule has 0 radical (unpaired) electrons. The first kappa shape index (κ1) is 15.1. The van der Waals surface area contributed by atoms with Gasteiger partial charge >= 0.3 is 6.18 Å². The number of hydrogen-bond acceptors (Lipinski definition) is 3. The van der Waals surface area contributed by atoms with Gasteiger partial charge in [-0.3, -0.25) is 0 Å². The van der Waals surface area contributed by atoms with Crippen molar-refractivity contribution in [1.29, 1.82) is 0 Å². The zero-order valence-corrected chi connectivity index (χ0v) is 11.6. The molecule has 1 saturated carbocycles. The number of hydrogen-bond donors (Lipinski definition) is 2. The summed E-state index contributed by atoms with van der Waals surface area (Å²) in [6.07, 6.45) is -5.00. The molecule has 4 nitrogen and oxygen atoms in total. The molecule has 0 saturated heterocycles. The SMILES string of the molecule is CCNc1ccc(S(=O)(=O)NC2(C(F)(F)F)CC2)cc1. The molecule has 0 spiro atoms. The molecule has 0 heterocycles. The maximum absolute atomic E-state index is 12.8. The van der Waals surface area contributed by atoms with Crippen molar-refractivity contribution in [2.24, 2.45) is 0 Å². The monoisotopic (exact) mass is 308 g/mol. The van der Waals surface area contributed by atoms with Crippen LogP contribution in [0.5, 0.6) is 0 Å². The Morgan fingerprint density at radius 3 is 2.15 bits per heavy atom. The molecule has 1 aromatic rings. The van der Waals surface area contributed by atoms with Gasteiger partial charge in [-0.1, -0.05) is 0 Å². The summed E-state index contributed by atoms with van der Waals surface area (Å²) in [6, 6.07) is 5.61. The summed E-state index contributed by atoms with van der Waals surface area (Å²) in [7, 11) is -4.17. The Labute approximate surface area is 115 Å². The minimum absolute atomic E-state index is 0.172. The third-order valence-electron chi connectivity index (χ3n) is 3.17. The molecule has 0 aliphatic heterocycles. The zero-order chi connectivity index (χ0) is 15.0. The van der Waals surface area contributed by atoms with E-state index in [2.05, 4.69) is 5.32 Å². The van der Waals surface area contributed by atoms with E-state index in [-0.39, 0.29) is 17.7 Å². The van der Waals surface area contributed by atoms with Gasteiger partial charge in [-0.2, -0.15) is 17.9 Å². The number of anilines is 1. The first-order valence-electron chi connectivity index (χ1n) is 6.15. The van der Waals surface area contributed by atoms with Crippen LogP contribution in [0.4, 0.5) is 18.9 Å². The number of halogens is 3. The lowest BCUT2D eigenvalue weighted by Gasteiger charge is -2.20. The lowest BCUT2D eigenvalue weighted by molar-refractivity contribution is -0.160. The van der Waals surface area contributed by atoms with E-state index in [9.17, 15) is 21.6 Å². The molecule has 2 rings (SSSR count). The predicted molar refractivity (Wildman–Crippen MR) is 68.9 cm³/mol. The van der Waals surface area contributed by atoms with E-state index < -0.39 is 21.7 Å². The molecule has 0 atom stereocenters. The van der Waals surface area contributed by atoms with Gasteiger partial charge in [-0.05, 0) is 44.0 Å². The van der Waals surface area contributed by atoms with E-state index in [0.29, 0.717) is 12.2 Å². The van der Waals surface area contributed by atoms with Crippen LogP contribution in [0.2, 0.25) is 0 Å². The van der Waals surface area contributed by atoms with Crippen molar-refractivity contribution in [3.8, 4) is 0 Å². The van der Waals surface area contributed by atoms with Crippen LogP contribution in [0.25, 0.3) is 0 Å². The quantitative estimate of drug-likeness (QED) is 0.878. The van der Waals surface area contributed by atoms with Gasteiger partial charge in [-0.25, -0.2) is 8.42 Å². The third-order valence-corrected chi connectivity index (χ3v) is 4.72. The Bertz CT molecular complexity index is 578. The lowest BCUT2D eigenvalue weighted by atomic mass is 10.3. The van der Waals surface area contributed by atoms with Gasteiger partial charge in [0.25, 0.3) is 0 Å². The second-order valence-corrected chi connectivity index (χ2v) is 6.42. The number of alkyl halides is 3. The second-order valence-electron chi connectivity index (χ2n) is 4.74. The van der Waals surface area contributed by atoms with Crippen molar-refractivity contribution in [2.45, 2.75) is 36.4 Å². The largest absolute Gasteiger partial charge is 0.407 e. The Kier molecular flexibility index (Phi) is 3.72. The molecule has 1 aliphatic rings. The van der Waals surface area contributed by atoms with Crippen molar-refractivity contribution >= 4 is 15.7 Å². The average Bonchev–Trinajstić information content (AvgIpc) is 3.10. The van der Waals surface area contributed by atoms with E-state index in [0.717, 1.165) is 0 Å². The fraction of sp³-hybridized carbons (Fsp3) is 0.500. The summed E-state index contributed by atoms with van der Waals surface area (Å²) < 4.78 is 64.0. The first-order valence-corrected chi connectivity index (χ1v) is 7.63. The summed E-state index contributed by atoms with van der Waals surface area (Å²) in [5, 5.41) is 2.98. The summed E-state index contributed by atoms with van der Waals surface area (Å²) >= 11 is 0. The molecule has 8 heteroatoms. The van der Waals surface area contributed by atoms with E-state index in [1.807, 2.05) is 6.92 Å². The molecule has 0 bridgehead atoms. The van der Waals surface area contributed by atoms with Gasteiger partial charge in [0.05, 0.1) is 4.90 Å². The summed E-state index contributed by atoms with van der Waals surface area (Å²) in [5.41, 5.74) is -1.57. The van der Waals surface area contributed by atoms with Crippen molar-refractivity contribution in [3.63, 3.8) is 0 Å². The highest BCUT2D eigenvalue weighted by Crippen LogP contribution is 2.49. The topological polar surface area (TPSA) is 58.2 Å². The molecule has 1 aromatic carbocycles. The molecule has 2 N–H and O–H groups in total. The van der Waals surface area contributed by atoms with Gasteiger partial charge in [0.15, 0.2) is 0 Å². The second kappa shape index (κ2) is 4.92. The van der Waals surface area contributed by atoms with E-state index in [1.165, 1.54) is 24.3 Å². The van der Waals surface area contributed by atoms with E-state index >= 15 is 0 Å². The number of nitrogens with one attached hydrogen (secondary N) is 2. The van der Waals surface area contributed by atoms with Gasteiger partial charge in [0.1, 0.15) is 5.54 Å². The van der Waals surface area contributed by atoms with Gasteiger partial charge in [0.2, 0.25) is 10.0 Å². The summed E-state index contributed by atoms with van der Waals surface area (Å²) in [4.78, 5) is -0.172. The highest BCUT2D eigenvalue weighted by atomic mass is 32.2. The van der Waals surface area contributed by atoms with E-state index in [1.54, 1.807) is 4.72 Å². The minimum atomic E-state index is -4.57. The molecule has 0 aromatic heterocycles. The van der Waals surface area contributed by atoms with Crippen LogP contribution in [-0.2, 0) is 10.0 Å². The molecule has 0 unspecified atom stereocenters. The molecular formula is C12H15F3N2O2S. The maximum Gasteiger partial charge on any atom is 0.407 e. The molecule has 0 amide bonds. The molecule has 112 valence electrons. The Hall–Kier alpha value is -1.28. The summed E-state index contributed by atoms with van der Waals surface area (Å²) in [5.74, 6) is 0. The van der Waals surface area contributed by atoms with Crippen LogP contribution in [-0.4, -0.2) is 26.7 Å². The zero-order valence-electron chi connectivity index (χ0n) is 10.8. The maximum atomic E-state index is 12.8. The van der Waals surface area contributed by atoms with Gasteiger partial charge < -0.3 is 5.32 Å². The van der Waals surface area contributed by atoms with Crippen molar-refractivity contribution in [3.05, 3.63) is 24.3 Å². The highest BCUT2D eigenvalue weighted by Gasteiger charge is 2.65. The standard InChI is InChI=1S/C12H15F3N2O2S/c1-2-16-9-3-5-10(6-4-9)20(18,19)17-11(7-8-11)12(13,14)15/h3-6,16-17H,2,7-8H2,1H3. The highest BCUT2D eigenvalue weighted by molar-refractivity contribution is 7.89. The Balaban J connectivity index is 2.19. The minimum Gasteiger partial charge on any atom is -0.385 e. The fourth-order valence-corrected chi connectivity index (χ4v) is 3.29. The van der Waals surface area contributed by atoms with Crippen molar-refractivity contribution in [2.75, 3.05) is 11.9 Å². The molecule has 1 aliphatic carbocycles. The van der Waals surface area contributed by atoms with Crippen LogP contribution in [0.1, 0.15) is 19.8 Å². The number of sulfonamides is 1. The predicted octanol–water partition coefficient (Wildman–Crippen LogP) is 2.49. The smallest absolute Gasteiger partial charge is 0.385 e. The van der Waals surface area contributed by atoms with Crippen molar-refractivity contribution in [1.82, 2.24) is 4.72 Å². The van der Waals surface area contributed by atoms with Crippen LogP contribution >= 0.6 is 0 Å². The van der Waals surface area contributed by atoms with Crippen LogP contribution in [0, 0.1) is 0 Å². The van der Waals surface area contributed by atoms with Crippen molar-refractivity contribution < 1.29 is 21.6 Å². The van der Waals surface area contributed by atoms with Gasteiger partial charge in [0, 0.05) is 12.2 Å². The molecule has 20 heavy (non-hydrogen) atoms. The Morgan fingerprint density at radius 2 is 1.75 bits per heavy atom. The lowest BCUT2D eigenvalue weighted by Crippen LogP contribution is -2.47. The fourth-order valence-electron chi connectivity index (χ4n) is 1.84. The van der Waals surface area contributed by atoms with Crippen LogP contribution in [0.3, 0.4) is 0 Å². The van der Waals surface area contributed by atoms with Gasteiger partial charge in [-0.15, -0.1) is 0 Å². The molecular weight excluding hydrogens is 293 g/mol. The normalized spacial score (nSPS) is 17.8. The summed E-state index contributed by atoms with van der Waals surface area (Å²) in [6.45, 7) is 2.55. The number of rotatable bonds is 5. The van der Waals surface area contributed by atoms with Crippen LogP contribution < -0.4 is 10.0 Å².